The van der Waals surface area contributed by atoms with Crippen molar-refractivity contribution in [1.29, 1.82) is 0 Å². The van der Waals surface area contributed by atoms with Gasteiger partial charge in [0, 0.05) is 149 Å². The number of hydrogen-bond acceptors (Lipinski definition) is 18. The van der Waals surface area contributed by atoms with Crippen molar-refractivity contribution >= 4 is 116 Å². The van der Waals surface area contributed by atoms with Crippen LogP contribution >= 0.6 is 116 Å². The fourth-order valence-electron chi connectivity index (χ4n) is 15.9. The van der Waals surface area contributed by atoms with Crippen molar-refractivity contribution in [2.24, 2.45) is 11.8 Å². The van der Waals surface area contributed by atoms with Crippen molar-refractivity contribution in [2.75, 3.05) is 127 Å². The number of ether oxygens (including phenoxy) is 12. The van der Waals surface area contributed by atoms with E-state index in [2.05, 4.69) is 51.5 Å². The molecule has 8 aliphatic rings. The monoisotopic (exact) mass is 2030 g/mol. The molecule has 0 aromatic heterocycles. The maximum absolute atomic E-state index is 6.38. The highest BCUT2D eigenvalue weighted by atomic mass is 35.5. The molecule has 6 atom stereocenters. The van der Waals surface area contributed by atoms with Crippen LogP contribution in [0.4, 0.5) is 0 Å². The number of halogens is 10. The minimum Gasteiger partial charge on any atom is -0.486 e. The predicted molar refractivity (Wildman–Crippen MR) is 555 cm³/mol. The predicted octanol–water partition coefficient (Wildman–Crippen LogP) is 26.4. The van der Waals surface area contributed by atoms with Gasteiger partial charge in [-0.25, -0.2) is 0 Å². The van der Waals surface area contributed by atoms with E-state index in [1.54, 1.807) is 24.3 Å². The third-order valence-electron chi connectivity index (χ3n) is 22.9. The van der Waals surface area contributed by atoms with E-state index in [-0.39, 0.29) is 36.6 Å². The van der Waals surface area contributed by atoms with E-state index < -0.39 is 0 Å². The Bertz CT molecular complexity index is 6070. The van der Waals surface area contributed by atoms with E-state index in [1.807, 2.05) is 241 Å². The minimum absolute atomic E-state index is 0.00322. The minimum atomic E-state index is -0.0605. The number of fused-ring (bicyclic) bond motifs is 6. The Morgan fingerprint density at radius 1 is 0.287 bits per heavy atom. The first kappa shape index (κ1) is 101. The molecule has 2 fully saturated rings. The van der Waals surface area contributed by atoms with Gasteiger partial charge in [0.1, 0.15) is 76.3 Å². The van der Waals surface area contributed by atoms with Crippen molar-refractivity contribution in [2.45, 2.75) is 82.2 Å². The van der Waals surface area contributed by atoms with Gasteiger partial charge in [-0.05, 0) is 176 Å². The summed E-state index contributed by atoms with van der Waals surface area (Å²) in [5.74, 6) is 10.8. The normalized spacial score (nSPS) is 17.6. The van der Waals surface area contributed by atoms with Crippen LogP contribution in [0.25, 0.3) is 66.8 Å². The van der Waals surface area contributed by atoms with E-state index >= 15 is 0 Å². The first-order chi connectivity index (χ1) is 65.9. The maximum Gasteiger partial charge on any atom is 0.169 e. The Morgan fingerprint density at radius 2 is 0.529 bits per heavy atom. The van der Waals surface area contributed by atoms with Crippen LogP contribution in [-0.4, -0.2) is 179 Å². The summed E-state index contributed by atoms with van der Waals surface area (Å²) in [6, 6.07) is 73.1. The van der Waals surface area contributed by atoms with Crippen LogP contribution in [-0.2, 0) is 0 Å². The molecule has 136 heavy (non-hydrogen) atoms. The van der Waals surface area contributed by atoms with Crippen molar-refractivity contribution in [3.05, 3.63) is 293 Å². The molecule has 6 heterocycles. The van der Waals surface area contributed by atoms with Crippen LogP contribution in [0, 0.1) is 11.8 Å². The van der Waals surface area contributed by atoms with Gasteiger partial charge in [-0.2, -0.15) is 0 Å². The summed E-state index contributed by atoms with van der Waals surface area (Å²) < 4.78 is 72.3. The summed E-state index contributed by atoms with van der Waals surface area (Å²) in [6.45, 7) is 18.7. The topological polar surface area (TPSA) is 165 Å². The molecular weight excluding hydrogens is 1930 g/mol. The molecule has 12 aromatic rings. The first-order valence-electron chi connectivity index (χ1n) is 45.6. The van der Waals surface area contributed by atoms with Crippen LogP contribution in [0.15, 0.2) is 243 Å². The van der Waals surface area contributed by atoms with Gasteiger partial charge in [0.2, 0.25) is 0 Å². The van der Waals surface area contributed by atoms with E-state index in [1.165, 1.54) is 25.7 Å². The molecule has 6 aliphatic heterocycles. The maximum atomic E-state index is 6.38. The molecule has 12 aromatic carbocycles. The highest BCUT2D eigenvalue weighted by molar-refractivity contribution is 6.39. The SMILES string of the molecule is C=CCNCC1COc2cccc(-c3ccc(Cl)cc3Cl)c2O1.CC(C)NCC1COc2cccc(-c3ccc(Cl)cc3Cl)c2O1.CN(C)CC1COc2cccc(-c3ccc(Cl)cc3Cl)c2O1.CN(C)CC1COc2cccc(-c3ccccc3Cl)c2O1.Clc1ccc(-c2cccc3c2OC(CNCC2CC2)CO3)c(Cl)c1.Clc1ccccc1-c1cccc2c1OC(CNCC1CC1)CO2. The lowest BCUT2D eigenvalue weighted by Crippen LogP contribution is -2.40. The average molecular weight is 2040 g/mol. The standard InChI is InChI=1S/C19H19Cl2NO2.C19H20ClNO2.C18H19Cl2NO2.C18H17Cl2NO2.C17H17Cl2NO2.C17H18ClNO2/c20-13-6-7-15(17(21)8-13)16-2-1-3-18-19(16)24-14(11-23-18)10-22-9-12-4-5-12;20-17-6-2-1-4-15(17)16-5-3-7-18-19(16)23-14(12-22-18)11-21-10-13-8-9-13;1-11(2)21-9-13-10-22-17-5-3-4-15(18(17)23-13)14-7-6-12(19)8-16(14)20;1-2-8-21-10-13-11-22-17-5-3-4-15(18(17)23-13)14-7-6-12(19)9-16(14)20;1-20(2)9-12-10-21-16-5-3-4-14(17(16)22-12)13-7-6-11(18)8-15(13)19;1-19(2)10-12-11-20-16-9-5-7-14(17(16)21-12)13-6-3-4-8-15(13)18/h1-3,6-8,12,14,22H,4-5,9-11H2;1-7,13-14,21H,8-12H2;3-8,11,13,21H,9-10H2,1-2H3;2-7,9,13,21H,1,8,10-11H2;3-8,12H,9-10H2,1-2H3;3-9,12H,10-11H2,1-2H3. The van der Waals surface area contributed by atoms with E-state index in [4.69, 9.17) is 173 Å². The second-order valence-corrected chi connectivity index (χ2v) is 39.0. The molecule has 4 N–H and O–H groups in total. The number of rotatable bonds is 25. The van der Waals surface area contributed by atoms with Gasteiger partial charge in [-0.1, -0.05) is 269 Å². The third-order valence-corrected chi connectivity index (χ3v) is 25.7. The van der Waals surface area contributed by atoms with Gasteiger partial charge in [0.15, 0.2) is 69.0 Å². The Balaban J connectivity index is 0.000000124. The summed E-state index contributed by atoms with van der Waals surface area (Å²) in [7, 11) is 8.08. The highest BCUT2D eigenvalue weighted by Crippen LogP contribution is 2.51. The number of likely N-dealkylation sites (N-methyl/N-ethyl adjacent to an activating group) is 2. The van der Waals surface area contributed by atoms with E-state index in [9.17, 15) is 0 Å². The van der Waals surface area contributed by atoms with Crippen LogP contribution in [0.5, 0.6) is 69.0 Å². The fourth-order valence-corrected chi connectivity index (χ4v) is 18.4. The summed E-state index contributed by atoms with van der Waals surface area (Å²) in [6.07, 6.45) is 7.18. The molecule has 0 radical (unpaired) electrons. The van der Waals surface area contributed by atoms with Crippen molar-refractivity contribution in [3.8, 4) is 136 Å². The average Bonchev–Trinajstić information content (AvgIpc) is 1.31. The van der Waals surface area contributed by atoms with Crippen molar-refractivity contribution in [3.63, 3.8) is 0 Å². The summed E-state index contributed by atoms with van der Waals surface area (Å²) in [5.41, 5.74) is 11.1. The van der Waals surface area contributed by atoms with Crippen LogP contribution in [0.2, 0.25) is 50.2 Å². The van der Waals surface area contributed by atoms with Gasteiger partial charge in [0.05, 0.1) is 20.1 Å². The van der Waals surface area contributed by atoms with Crippen LogP contribution in [0.1, 0.15) is 39.5 Å². The molecular formula is C108H110Cl10N6O12. The quantitative estimate of drug-likeness (QED) is 0.0315. The summed E-state index contributed by atoms with van der Waals surface area (Å²) in [4.78, 5) is 4.17. The lowest BCUT2D eigenvalue weighted by molar-refractivity contribution is 0.0717. The molecule has 0 saturated heterocycles. The largest absolute Gasteiger partial charge is 0.486 e. The highest BCUT2D eigenvalue weighted by Gasteiger charge is 2.34. The molecule has 20 rings (SSSR count). The van der Waals surface area contributed by atoms with Crippen LogP contribution < -0.4 is 78.1 Å². The summed E-state index contributed by atoms with van der Waals surface area (Å²) in [5, 5.41) is 19.8. The number of nitrogens with zero attached hydrogens (tertiary/aromatic N) is 2. The van der Waals surface area contributed by atoms with Crippen LogP contribution in [0.3, 0.4) is 0 Å². The van der Waals surface area contributed by atoms with Gasteiger partial charge in [-0.3, -0.25) is 0 Å². The molecule has 18 nitrogen and oxygen atoms in total. The molecule has 0 bridgehead atoms. The molecule has 2 aliphatic carbocycles. The van der Waals surface area contributed by atoms with Gasteiger partial charge in [0.25, 0.3) is 0 Å². The number of para-hydroxylation sites is 6. The number of nitrogens with one attached hydrogen (secondary N) is 4. The zero-order valence-electron chi connectivity index (χ0n) is 76.4. The van der Waals surface area contributed by atoms with E-state index in [0.29, 0.717) is 103 Å². The van der Waals surface area contributed by atoms with E-state index in [0.717, 1.165) is 199 Å². The Morgan fingerprint density at radius 3 is 0.779 bits per heavy atom. The lowest BCUT2D eigenvalue weighted by atomic mass is 10.0. The molecule has 28 heteroatoms. The number of hydrogen-bond donors (Lipinski definition) is 4. The molecule has 0 spiro atoms. The zero-order chi connectivity index (χ0) is 95.3. The molecule has 0 amide bonds. The van der Waals surface area contributed by atoms with Crippen molar-refractivity contribution < 1.29 is 56.8 Å². The smallest absolute Gasteiger partial charge is 0.169 e. The second-order valence-electron chi connectivity index (χ2n) is 34.8. The third kappa shape index (κ3) is 27.6. The van der Waals surface area contributed by atoms with Gasteiger partial charge < -0.3 is 87.9 Å². The molecule has 714 valence electrons. The fraction of sp³-hybridized carbons (Fsp3) is 0.315. The molecule has 2 saturated carbocycles. The van der Waals surface area contributed by atoms with Crippen molar-refractivity contribution in [1.82, 2.24) is 31.1 Å². The lowest BCUT2D eigenvalue weighted by Gasteiger charge is -2.30. The Labute approximate surface area is 847 Å². The molecule has 6 unspecified atom stereocenters. The second kappa shape index (κ2) is 49.0. The Hall–Kier alpha value is -9.36. The van der Waals surface area contributed by atoms with Gasteiger partial charge >= 0.3 is 0 Å². The Kier molecular flexibility index (Phi) is 36.4. The van der Waals surface area contributed by atoms with Gasteiger partial charge in [-0.15, -0.1) is 6.58 Å². The zero-order valence-corrected chi connectivity index (χ0v) is 84.0. The number of benzene rings is 12. The first-order valence-corrected chi connectivity index (χ1v) is 49.3. The summed E-state index contributed by atoms with van der Waals surface area (Å²) >= 11 is 62.0.